The molecule has 3 rings (SSSR count). The lowest BCUT2D eigenvalue weighted by Gasteiger charge is -2.13. The van der Waals surface area contributed by atoms with Crippen molar-refractivity contribution in [1.29, 1.82) is 0 Å². The van der Waals surface area contributed by atoms with E-state index in [0.29, 0.717) is 42.8 Å². The van der Waals surface area contributed by atoms with Gasteiger partial charge in [0.05, 0.1) is 30.5 Å². The Morgan fingerprint density at radius 2 is 2.23 bits per heavy atom. The zero-order valence-electron chi connectivity index (χ0n) is 16.6. The number of ketones is 1. The number of aromatic nitrogens is 4. The van der Waals surface area contributed by atoms with Crippen LogP contribution in [0.25, 0.3) is 0 Å². The fraction of sp³-hybridized carbons (Fsp3) is 0.474. The SMILES string of the molecule is C/C=C/Cn1ccc(C(=O)c2cncnc2C[C@@H]2C[C@H](COS(N)(=O)=O)[C@@H](O)C2)n1. The van der Waals surface area contributed by atoms with Crippen molar-refractivity contribution in [3.63, 3.8) is 0 Å². The monoisotopic (exact) mass is 435 g/mol. The van der Waals surface area contributed by atoms with Crippen molar-refractivity contribution in [1.82, 2.24) is 19.7 Å². The highest BCUT2D eigenvalue weighted by Gasteiger charge is 2.35. The molecule has 0 radical (unpaired) electrons. The predicted octanol–water partition coefficient (Wildman–Crippen LogP) is 0.630. The van der Waals surface area contributed by atoms with Crippen LogP contribution in [0.15, 0.2) is 36.9 Å². The van der Waals surface area contributed by atoms with Crippen LogP contribution >= 0.6 is 0 Å². The Bertz CT molecular complexity index is 1020. The van der Waals surface area contributed by atoms with E-state index in [2.05, 4.69) is 19.2 Å². The fourth-order valence-electron chi connectivity index (χ4n) is 3.66. The molecule has 0 spiro atoms. The van der Waals surface area contributed by atoms with Gasteiger partial charge in [0, 0.05) is 18.3 Å². The van der Waals surface area contributed by atoms with E-state index in [-0.39, 0.29) is 24.2 Å². The molecular formula is C19H25N5O5S. The summed E-state index contributed by atoms with van der Waals surface area (Å²) in [6.07, 6.45) is 9.15. The standard InChI is InChI=1S/C19H25N5O5S/c1-2-3-5-24-6-4-16(23-24)19(26)15-10-21-12-22-17(15)8-13-7-14(18(25)9-13)11-29-30(20,27)28/h2-4,6,10,12-14,18,25H,5,7-9,11H2,1H3,(H2,20,27,28)/b3-2+/t13-,14+,18-/m0/s1. The number of rotatable bonds is 9. The van der Waals surface area contributed by atoms with Gasteiger partial charge in [-0.3, -0.25) is 13.7 Å². The summed E-state index contributed by atoms with van der Waals surface area (Å²) in [4.78, 5) is 21.2. The molecule has 0 amide bonds. The van der Waals surface area contributed by atoms with Crippen LogP contribution in [-0.2, 0) is 27.5 Å². The molecule has 10 nitrogen and oxygen atoms in total. The molecule has 0 saturated heterocycles. The number of nitrogens with zero attached hydrogens (tertiary/aromatic N) is 4. The van der Waals surface area contributed by atoms with Gasteiger partial charge in [-0.1, -0.05) is 12.2 Å². The second-order valence-corrected chi connectivity index (χ2v) is 8.57. The predicted molar refractivity (Wildman–Crippen MR) is 107 cm³/mol. The summed E-state index contributed by atoms with van der Waals surface area (Å²) in [5.74, 6) is -0.600. The van der Waals surface area contributed by atoms with E-state index < -0.39 is 16.4 Å². The van der Waals surface area contributed by atoms with Crippen molar-refractivity contribution in [2.24, 2.45) is 17.0 Å². The van der Waals surface area contributed by atoms with E-state index in [0.717, 1.165) is 0 Å². The summed E-state index contributed by atoms with van der Waals surface area (Å²) in [5.41, 5.74) is 1.25. The van der Waals surface area contributed by atoms with Gasteiger partial charge in [0.15, 0.2) is 0 Å². The van der Waals surface area contributed by atoms with Crippen LogP contribution in [0.1, 0.15) is 41.5 Å². The molecule has 0 aromatic carbocycles. The van der Waals surface area contributed by atoms with Gasteiger partial charge in [0.1, 0.15) is 12.0 Å². The Morgan fingerprint density at radius 1 is 1.43 bits per heavy atom. The highest BCUT2D eigenvalue weighted by Crippen LogP contribution is 2.34. The van der Waals surface area contributed by atoms with E-state index in [1.807, 2.05) is 19.1 Å². The molecule has 2 aromatic heterocycles. The molecule has 162 valence electrons. The number of carbonyl (C=O) groups is 1. The highest BCUT2D eigenvalue weighted by atomic mass is 32.2. The van der Waals surface area contributed by atoms with Gasteiger partial charge in [-0.25, -0.2) is 15.1 Å². The van der Waals surface area contributed by atoms with Crippen molar-refractivity contribution in [2.75, 3.05) is 6.61 Å². The second kappa shape index (κ2) is 9.56. The Labute approximate surface area is 175 Å². The number of carbonyl (C=O) groups excluding carboxylic acids is 1. The first-order valence-electron chi connectivity index (χ1n) is 9.60. The molecule has 3 N–H and O–H groups in total. The molecule has 0 unspecified atom stereocenters. The Kier molecular flexibility index (Phi) is 7.08. The van der Waals surface area contributed by atoms with Crippen molar-refractivity contribution in [3.8, 4) is 0 Å². The van der Waals surface area contributed by atoms with Gasteiger partial charge in [-0.15, -0.1) is 0 Å². The normalized spacial score (nSPS) is 22.0. The molecule has 0 aliphatic heterocycles. The summed E-state index contributed by atoms with van der Waals surface area (Å²) >= 11 is 0. The average molecular weight is 436 g/mol. The molecular weight excluding hydrogens is 410 g/mol. The number of aliphatic hydroxyl groups is 1. The summed E-state index contributed by atoms with van der Waals surface area (Å²) in [7, 11) is -4.05. The van der Waals surface area contributed by atoms with Crippen molar-refractivity contribution in [2.45, 2.75) is 38.8 Å². The van der Waals surface area contributed by atoms with Gasteiger partial charge in [-0.05, 0) is 38.2 Å². The van der Waals surface area contributed by atoms with E-state index in [1.54, 1.807) is 16.9 Å². The average Bonchev–Trinajstić information content (AvgIpc) is 3.30. The van der Waals surface area contributed by atoms with Crippen molar-refractivity contribution < 1.29 is 22.5 Å². The summed E-state index contributed by atoms with van der Waals surface area (Å²) in [6.45, 7) is 2.31. The lowest BCUT2D eigenvalue weighted by molar-refractivity contribution is 0.100. The maximum absolute atomic E-state index is 12.9. The third-order valence-electron chi connectivity index (χ3n) is 5.12. The minimum absolute atomic E-state index is 0.0165. The maximum atomic E-state index is 12.9. The molecule has 11 heteroatoms. The highest BCUT2D eigenvalue weighted by molar-refractivity contribution is 7.84. The third kappa shape index (κ3) is 5.79. The van der Waals surface area contributed by atoms with Gasteiger partial charge in [0.2, 0.25) is 5.78 Å². The molecule has 2 heterocycles. The van der Waals surface area contributed by atoms with Gasteiger partial charge in [-0.2, -0.15) is 13.5 Å². The van der Waals surface area contributed by atoms with Crippen molar-refractivity contribution >= 4 is 16.1 Å². The van der Waals surface area contributed by atoms with Gasteiger partial charge in [0.25, 0.3) is 0 Å². The maximum Gasteiger partial charge on any atom is 0.333 e. The molecule has 2 aromatic rings. The van der Waals surface area contributed by atoms with Crippen molar-refractivity contribution in [3.05, 3.63) is 53.9 Å². The molecule has 1 aliphatic rings. The first-order valence-corrected chi connectivity index (χ1v) is 11.1. The largest absolute Gasteiger partial charge is 0.393 e. The van der Waals surface area contributed by atoms with Crippen LogP contribution in [0.5, 0.6) is 0 Å². The Balaban J connectivity index is 1.70. The minimum atomic E-state index is -4.05. The first-order chi connectivity index (χ1) is 14.3. The van der Waals surface area contributed by atoms with Crippen LogP contribution in [0.3, 0.4) is 0 Å². The summed E-state index contributed by atoms with van der Waals surface area (Å²) < 4.78 is 28.3. The molecule has 1 fully saturated rings. The van der Waals surface area contributed by atoms with Gasteiger partial charge < -0.3 is 5.11 Å². The van der Waals surface area contributed by atoms with Gasteiger partial charge >= 0.3 is 10.3 Å². The first kappa shape index (κ1) is 22.2. The quantitative estimate of drug-likeness (QED) is 0.430. The van der Waals surface area contributed by atoms with Crippen LogP contribution in [-0.4, -0.2) is 51.8 Å². The van der Waals surface area contributed by atoms with E-state index >= 15 is 0 Å². The van der Waals surface area contributed by atoms with Crippen LogP contribution in [0.4, 0.5) is 0 Å². The van der Waals surface area contributed by atoms with Crippen LogP contribution in [0.2, 0.25) is 0 Å². The van der Waals surface area contributed by atoms with E-state index in [4.69, 9.17) is 5.14 Å². The molecule has 3 atom stereocenters. The number of aliphatic hydroxyl groups excluding tert-OH is 1. The smallest absolute Gasteiger partial charge is 0.333 e. The van der Waals surface area contributed by atoms with Crippen LogP contribution < -0.4 is 5.14 Å². The minimum Gasteiger partial charge on any atom is -0.393 e. The number of allylic oxidation sites excluding steroid dienone is 2. The third-order valence-corrected chi connectivity index (χ3v) is 5.59. The topological polar surface area (TPSA) is 150 Å². The molecule has 30 heavy (non-hydrogen) atoms. The molecule has 0 bridgehead atoms. The van der Waals surface area contributed by atoms with Crippen LogP contribution in [0, 0.1) is 11.8 Å². The summed E-state index contributed by atoms with van der Waals surface area (Å²) in [5, 5.41) is 19.4. The second-order valence-electron chi connectivity index (χ2n) is 7.35. The molecule has 1 aliphatic carbocycles. The van der Waals surface area contributed by atoms with E-state index in [1.165, 1.54) is 12.5 Å². The lowest BCUT2D eigenvalue weighted by atomic mass is 9.96. The number of hydrogen-bond donors (Lipinski definition) is 2. The Hall–Kier alpha value is -2.47. The fourth-order valence-corrected chi connectivity index (χ4v) is 4.02. The molecule has 1 saturated carbocycles. The lowest BCUT2D eigenvalue weighted by Crippen LogP contribution is -2.24. The zero-order chi connectivity index (χ0) is 21.7. The zero-order valence-corrected chi connectivity index (χ0v) is 17.4. The summed E-state index contributed by atoms with van der Waals surface area (Å²) in [6, 6.07) is 1.66. The number of nitrogens with two attached hydrogens (primary N) is 1. The van der Waals surface area contributed by atoms with E-state index in [9.17, 15) is 18.3 Å². The number of hydrogen-bond acceptors (Lipinski definition) is 8. The Morgan fingerprint density at radius 3 is 2.97 bits per heavy atom.